The normalized spacial score (nSPS) is 19.2. The van der Waals surface area contributed by atoms with Crippen molar-refractivity contribution in [2.75, 3.05) is 5.75 Å². The lowest BCUT2D eigenvalue weighted by molar-refractivity contribution is 0.579. The first kappa shape index (κ1) is 3.09. The van der Waals surface area contributed by atoms with Gasteiger partial charge in [-0.15, -0.1) is 0 Å². The molecule has 0 radical (unpaired) electrons. The van der Waals surface area contributed by atoms with Gasteiger partial charge in [-0.3, -0.25) is 0 Å². The fourth-order valence-corrected chi connectivity index (χ4v) is 0.589. The minimum atomic E-state index is 1.01. The van der Waals surface area contributed by atoms with Gasteiger partial charge in [0, 0.05) is 0 Å². The number of rotatable bonds is 0. The Morgan fingerprint density at radius 2 is 2.80 bits per heavy atom. The zero-order valence-electron chi connectivity index (χ0n) is 2.68. The van der Waals surface area contributed by atoms with Crippen LogP contribution in [0.25, 0.3) is 0 Å². The third kappa shape index (κ3) is 0.581. The molecule has 1 rings (SSSR count). The average molecular weight is 88.1 g/mol. The molecular weight excluding hydrogens is 84.1 g/mol. The summed E-state index contributed by atoms with van der Waals surface area (Å²) in [5.41, 5.74) is 0. The summed E-state index contributed by atoms with van der Waals surface area (Å²) in [4.78, 5) is 0. The van der Waals surface area contributed by atoms with Gasteiger partial charge in [0.25, 0.3) is 0 Å². The Kier molecular flexibility index (Phi) is 0.841. The molecule has 28 valence electrons. The monoisotopic (exact) mass is 88.0 g/mol. The van der Waals surface area contributed by atoms with Crippen molar-refractivity contribution in [2.45, 2.75) is 0 Å². The number of hydrogen-bond donors (Lipinski definition) is 0. The first-order valence-electron chi connectivity index (χ1n) is 1.43. The molecule has 0 aromatic rings. The van der Waals surface area contributed by atoms with E-state index in [0.29, 0.717) is 0 Å². The standard InChI is InChI=1S/C3H4OS/c1-2-4-5-3-1/h1-2H,3H2. The predicted octanol–water partition coefficient (Wildman–Crippen LogP) is 1.18. The SMILES string of the molecule is C1=COSC1. The molecule has 0 saturated carbocycles. The topological polar surface area (TPSA) is 9.23 Å². The first-order chi connectivity index (χ1) is 2.50. The number of hydrogen-bond acceptors (Lipinski definition) is 2. The van der Waals surface area contributed by atoms with Gasteiger partial charge in [0.05, 0.1) is 24.1 Å². The molecule has 1 aliphatic rings. The lowest BCUT2D eigenvalue weighted by Gasteiger charge is -1.76. The second-order valence-electron chi connectivity index (χ2n) is 0.753. The minimum absolute atomic E-state index is 1.01. The fraction of sp³-hybridized carbons (Fsp3) is 0.333. The van der Waals surface area contributed by atoms with Crippen LogP contribution in [0.1, 0.15) is 0 Å². The van der Waals surface area contributed by atoms with E-state index in [0.717, 1.165) is 5.75 Å². The molecule has 0 saturated heterocycles. The summed E-state index contributed by atoms with van der Waals surface area (Å²) in [5, 5.41) is 0. The molecule has 0 N–H and O–H groups in total. The van der Waals surface area contributed by atoms with Gasteiger partial charge < -0.3 is 4.18 Å². The largest absolute Gasteiger partial charge is 0.433 e. The van der Waals surface area contributed by atoms with Gasteiger partial charge in [-0.1, -0.05) is 0 Å². The Balaban J connectivity index is 2.32. The molecule has 1 heterocycles. The summed E-state index contributed by atoms with van der Waals surface area (Å²) < 4.78 is 4.68. The molecule has 0 unspecified atom stereocenters. The van der Waals surface area contributed by atoms with Gasteiger partial charge in [0.2, 0.25) is 0 Å². The van der Waals surface area contributed by atoms with Crippen LogP contribution < -0.4 is 0 Å². The van der Waals surface area contributed by atoms with Gasteiger partial charge in [-0.2, -0.15) is 0 Å². The quantitative estimate of drug-likeness (QED) is 0.411. The van der Waals surface area contributed by atoms with Gasteiger partial charge in [0.1, 0.15) is 0 Å². The molecule has 1 nitrogen and oxygen atoms in total. The Hall–Kier alpha value is -0.110. The second kappa shape index (κ2) is 1.36. The summed E-state index contributed by atoms with van der Waals surface area (Å²) >= 11 is 1.46. The van der Waals surface area contributed by atoms with Crippen LogP contribution in [0.4, 0.5) is 0 Å². The smallest absolute Gasteiger partial charge is 0.0979 e. The van der Waals surface area contributed by atoms with Crippen molar-refractivity contribution in [3.8, 4) is 0 Å². The van der Waals surface area contributed by atoms with Crippen LogP contribution in [0.5, 0.6) is 0 Å². The average Bonchev–Trinajstić information content (AvgIpc) is 1.76. The predicted molar refractivity (Wildman–Crippen MR) is 22.7 cm³/mol. The molecule has 0 spiro atoms. The molecule has 2 heteroatoms. The third-order valence-electron chi connectivity index (χ3n) is 0.384. The van der Waals surface area contributed by atoms with Crippen LogP contribution in [0.2, 0.25) is 0 Å². The van der Waals surface area contributed by atoms with Crippen LogP contribution in [-0.4, -0.2) is 5.75 Å². The van der Waals surface area contributed by atoms with Gasteiger partial charge in [-0.05, 0) is 6.08 Å². The van der Waals surface area contributed by atoms with Gasteiger partial charge >= 0.3 is 0 Å². The molecule has 5 heavy (non-hydrogen) atoms. The second-order valence-corrected chi connectivity index (χ2v) is 1.51. The van der Waals surface area contributed by atoms with Crippen molar-refractivity contribution < 1.29 is 4.18 Å². The van der Waals surface area contributed by atoms with Crippen molar-refractivity contribution >= 4 is 12.0 Å². The Morgan fingerprint density at radius 3 is 3.00 bits per heavy atom. The fourth-order valence-electron chi connectivity index (χ4n) is 0.196. The lowest BCUT2D eigenvalue weighted by Crippen LogP contribution is -1.50. The molecular formula is C3H4OS. The molecule has 0 aliphatic carbocycles. The van der Waals surface area contributed by atoms with Crippen LogP contribution in [0.15, 0.2) is 12.3 Å². The van der Waals surface area contributed by atoms with Crippen LogP contribution in [0, 0.1) is 0 Å². The molecule has 0 aromatic carbocycles. The van der Waals surface area contributed by atoms with E-state index in [1.807, 2.05) is 6.08 Å². The molecule has 0 fully saturated rings. The molecule has 0 bridgehead atoms. The van der Waals surface area contributed by atoms with Crippen molar-refractivity contribution in [2.24, 2.45) is 0 Å². The Bertz CT molecular complexity index is 44.9. The third-order valence-corrected chi connectivity index (χ3v) is 0.960. The summed E-state index contributed by atoms with van der Waals surface area (Å²) in [6.45, 7) is 0. The molecule has 0 aromatic heterocycles. The lowest BCUT2D eigenvalue weighted by atomic mass is 10.7. The first-order valence-corrected chi connectivity index (χ1v) is 2.34. The van der Waals surface area contributed by atoms with E-state index < -0.39 is 0 Å². The highest BCUT2D eigenvalue weighted by atomic mass is 32.2. The highest BCUT2D eigenvalue weighted by Crippen LogP contribution is 2.08. The molecule has 0 atom stereocenters. The summed E-state index contributed by atoms with van der Waals surface area (Å²) in [7, 11) is 0. The summed E-state index contributed by atoms with van der Waals surface area (Å²) in [6.07, 6.45) is 3.68. The van der Waals surface area contributed by atoms with E-state index in [1.54, 1.807) is 6.26 Å². The van der Waals surface area contributed by atoms with Crippen molar-refractivity contribution in [3.05, 3.63) is 12.3 Å². The van der Waals surface area contributed by atoms with Gasteiger partial charge in [-0.25, -0.2) is 0 Å². The molecule has 0 amide bonds. The molecule has 1 aliphatic heterocycles. The van der Waals surface area contributed by atoms with E-state index in [9.17, 15) is 0 Å². The highest BCUT2D eigenvalue weighted by Gasteiger charge is 1.85. The van der Waals surface area contributed by atoms with Crippen molar-refractivity contribution in [3.63, 3.8) is 0 Å². The van der Waals surface area contributed by atoms with E-state index in [4.69, 9.17) is 0 Å². The maximum Gasteiger partial charge on any atom is 0.0979 e. The zero-order valence-corrected chi connectivity index (χ0v) is 3.49. The van der Waals surface area contributed by atoms with Crippen LogP contribution in [0.3, 0.4) is 0 Å². The van der Waals surface area contributed by atoms with Crippen molar-refractivity contribution in [1.29, 1.82) is 0 Å². The summed E-state index contributed by atoms with van der Waals surface area (Å²) in [5.74, 6) is 1.01. The Morgan fingerprint density at radius 1 is 1.80 bits per heavy atom. The Labute approximate surface area is 35.2 Å². The zero-order chi connectivity index (χ0) is 3.54. The maximum atomic E-state index is 4.68. The van der Waals surface area contributed by atoms with Crippen molar-refractivity contribution in [1.82, 2.24) is 0 Å². The van der Waals surface area contributed by atoms with E-state index in [-0.39, 0.29) is 0 Å². The highest BCUT2D eigenvalue weighted by molar-refractivity contribution is 7.95. The van der Waals surface area contributed by atoms with E-state index in [2.05, 4.69) is 4.18 Å². The minimum Gasteiger partial charge on any atom is -0.433 e. The van der Waals surface area contributed by atoms with Gasteiger partial charge in [0.15, 0.2) is 0 Å². The van der Waals surface area contributed by atoms with E-state index in [1.165, 1.54) is 12.0 Å². The van der Waals surface area contributed by atoms with Crippen LogP contribution >= 0.6 is 12.0 Å². The summed E-state index contributed by atoms with van der Waals surface area (Å²) in [6, 6.07) is 0. The maximum absolute atomic E-state index is 4.68. The van der Waals surface area contributed by atoms with E-state index >= 15 is 0 Å². The van der Waals surface area contributed by atoms with Crippen LogP contribution in [-0.2, 0) is 4.18 Å².